The summed E-state index contributed by atoms with van der Waals surface area (Å²) >= 11 is 0. The van der Waals surface area contributed by atoms with Crippen molar-refractivity contribution in [2.24, 2.45) is 0 Å². The number of aliphatic hydroxyl groups excluding tert-OH is 1. The predicted molar refractivity (Wildman–Crippen MR) is 91.2 cm³/mol. The van der Waals surface area contributed by atoms with Gasteiger partial charge >= 0.3 is 0 Å². The minimum absolute atomic E-state index is 0.0640. The van der Waals surface area contributed by atoms with Crippen LogP contribution < -0.4 is 10.3 Å². The van der Waals surface area contributed by atoms with Gasteiger partial charge in [-0.1, -0.05) is 12.1 Å². The monoisotopic (exact) mass is 325 g/mol. The lowest BCUT2D eigenvalue weighted by atomic mass is 10.1. The summed E-state index contributed by atoms with van der Waals surface area (Å²) in [6.45, 7) is 4.08. The molecule has 0 amide bonds. The molecule has 6 heteroatoms. The SMILES string of the molecule is Cc1ccc(C)c(OC[C@@H](O)Cn2ncc3ncccc3c2=O)c1. The first kappa shape index (κ1) is 16.1. The van der Waals surface area contributed by atoms with Crippen LogP contribution in [0.4, 0.5) is 0 Å². The van der Waals surface area contributed by atoms with Crippen LogP contribution >= 0.6 is 0 Å². The van der Waals surface area contributed by atoms with Gasteiger partial charge in [0.25, 0.3) is 5.56 Å². The molecule has 0 unspecified atom stereocenters. The third kappa shape index (κ3) is 3.44. The number of ether oxygens (including phenoxy) is 1. The number of aryl methyl sites for hydroxylation is 2. The second-order valence-corrected chi connectivity index (χ2v) is 5.80. The average molecular weight is 325 g/mol. The maximum Gasteiger partial charge on any atom is 0.276 e. The first-order valence-electron chi connectivity index (χ1n) is 7.73. The highest BCUT2D eigenvalue weighted by Gasteiger charge is 2.11. The second-order valence-electron chi connectivity index (χ2n) is 5.80. The van der Waals surface area contributed by atoms with Gasteiger partial charge in [0, 0.05) is 6.20 Å². The smallest absolute Gasteiger partial charge is 0.276 e. The molecule has 3 rings (SSSR count). The summed E-state index contributed by atoms with van der Waals surface area (Å²) < 4.78 is 6.91. The van der Waals surface area contributed by atoms with Crippen molar-refractivity contribution < 1.29 is 9.84 Å². The number of aliphatic hydroxyl groups is 1. The molecule has 24 heavy (non-hydrogen) atoms. The van der Waals surface area contributed by atoms with Crippen LogP contribution in [0.3, 0.4) is 0 Å². The standard InChI is InChI=1S/C18H19N3O3/c1-12-5-6-13(2)17(8-12)24-11-14(22)10-21-18(23)15-4-3-7-19-16(15)9-20-21/h3-9,14,22H,10-11H2,1-2H3/t14-/m0/s1. The van der Waals surface area contributed by atoms with Crippen molar-refractivity contribution in [1.29, 1.82) is 0 Å². The van der Waals surface area contributed by atoms with Crippen molar-refractivity contribution in [2.45, 2.75) is 26.5 Å². The fourth-order valence-corrected chi connectivity index (χ4v) is 2.45. The fourth-order valence-electron chi connectivity index (χ4n) is 2.45. The Bertz CT molecular complexity index is 921. The Morgan fingerprint density at radius 2 is 2.12 bits per heavy atom. The molecule has 124 valence electrons. The van der Waals surface area contributed by atoms with Crippen LogP contribution in [0, 0.1) is 13.8 Å². The fraction of sp³-hybridized carbons (Fsp3) is 0.278. The molecule has 0 saturated heterocycles. The van der Waals surface area contributed by atoms with Crippen molar-refractivity contribution in [3.63, 3.8) is 0 Å². The van der Waals surface area contributed by atoms with E-state index >= 15 is 0 Å². The molecule has 0 saturated carbocycles. The van der Waals surface area contributed by atoms with E-state index in [1.807, 2.05) is 32.0 Å². The highest BCUT2D eigenvalue weighted by Crippen LogP contribution is 2.19. The van der Waals surface area contributed by atoms with Crippen molar-refractivity contribution in [3.05, 3.63) is 64.2 Å². The number of fused-ring (bicyclic) bond motifs is 1. The largest absolute Gasteiger partial charge is 0.491 e. The quantitative estimate of drug-likeness (QED) is 0.774. The van der Waals surface area contributed by atoms with E-state index in [4.69, 9.17) is 4.74 Å². The lowest BCUT2D eigenvalue weighted by molar-refractivity contribution is 0.0878. The number of hydrogen-bond acceptors (Lipinski definition) is 5. The van der Waals surface area contributed by atoms with Crippen LogP contribution in [0.1, 0.15) is 11.1 Å². The Labute approximate surface area is 139 Å². The molecule has 0 aliphatic carbocycles. The Kier molecular flexibility index (Phi) is 4.57. The lowest BCUT2D eigenvalue weighted by Gasteiger charge is -2.15. The van der Waals surface area contributed by atoms with Crippen LogP contribution in [0.5, 0.6) is 5.75 Å². The second kappa shape index (κ2) is 6.80. The Hall–Kier alpha value is -2.73. The summed E-state index contributed by atoms with van der Waals surface area (Å²) in [5, 5.41) is 14.7. The van der Waals surface area contributed by atoms with E-state index < -0.39 is 6.10 Å². The van der Waals surface area contributed by atoms with Gasteiger partial charge in [-0.3, -0.25) is 9.78 Å². The van der Waals surface area contributed by atoms with Crippen LogP contribution in [-0.2, 0) is 6.54 Å². The Morgan fingerprint density at radius 3 is 2.96 bits per heavy atom. The molecular weight excluding hydrogens is 306 g/mol. The molecule has 0 fully saturated rings. The van der Waals surface area contributed by atoms with E-state index in [2.05, 4.69) is 10.1 Å². The van der Waals surface area contributed by atoms with Crippen LogP contribution in [0.15, 0.2) is 47.5 Å². The van der Waals surface area contributed by atoms with Crippen LogP contribution in [0.25, 0.3) is 10.9 Å². The van der Waals surface area contributed by atoms with Crippen molar-refractivity contribution in [3.8, 4) is 5.75 Å². The van der Waals surface area contributed by atoms with Crippen molar-refractivity contribution in [1.82, 2.24) is 14.8 Å². The first-order chi connectivity index (χ1) is 11.5. The van der Waals surface area contributed by atoms with Gasteiger partial charge in [0.1, 0.15) is 18.5 Å². The normalized spacial score (nSPS) is 12.3. The summed E-state index contributed by atoms with van der Waals surface area (Å²) in [6, 6.07) is 9.30. The number of benzene rings is 1. The molecule has 6 nitrogen and oxygen atoms in total. The summed E-state index contributed by atoms with van der Waals surface area (Å²) in [4.78, 5) is 16.4. The predicted octanol–water partition coefficient (Wildman–Crippen LogP) is 1.85. The molecule has 1 atom stereocenters. The van der Waals surface area contributed by atoms with E-state index in [9.17, 15) is 9.90 Å². The summed E-state index contributed by atoms with van der Waals surface area (Å²) in [6.07, 6.45) is 2.29. The van der Waals surface area contributed by atoms with Gasteiger partial charge in [-0.15, -0.1) is 0 Å². The van der Waals surface area contributed by atoms with E-state index in [1.54, 1.807) is 18.3 Å². The third-order valence-corrected chi connectivity index (χ3v) is 3.78. The van der Waals surface area contributed by atoms with Gasteiger partial charge in [0.15, 0.2) is 0 Å². The van der Waals surface area contributed by atoms with E-state index in [0.717, 1.165) is 16.9 Å². The van der Waals surface area contributed by atoms with Gasteiger partial charge in [0.05, 0.1) is 23.6 Å². The van der Waals surface area contributed by atoms with Gasteiger partial charge in [-0.05, 0) is 43.2 Å². The Balaban J connectivity index is 1.71. The molecule has 1 aromatic carbocycles. The topological polar surface area (TPSA) is 77.2 Å². The summed E-state index contributed by atoms with van der Waals surface area (Å²) in [7, 11) is 0. The summed E-state index contributed by atoms with van der Waals surface area (Å²) in [5.74, 6) is 0.733. The third-order valence-electron chi connectivity index (χ3n) is 3.78. The van der Waals surface area contributed by atoms with Gasteiger partial charge in [-0.25, -0.2) is 4.68 Å². The maximum absolute atomic E-state index is 12.3. The molecule has 2 aromatic heterocycles. The highest BCUT2D eigenvalue weighted by molar-refractivity contribution is 5.75. The van der Waals surface area contributed by atoms with Gasteiger partial charge in [0.2, 0.25) is 0 Å². The van der Waals surface area contributed by atoms with E-state index in [1.165, 1.54) is 10.9 Å². The van der Waals surface area contributed by atoms with Crippen LogP contribution in [0.2, 0.25) is 0 Å². The number of pyridine rings is 1. The molecule has 2 heterocycles. The molecule has 0 spiro atoms. The number of aromatic nitrogens is 3. The molecule has 0 bridgehead atoms. The first-order valence-corrected chi connectivity index (χ1v) is 7.73. The summed E-state index contributed by atoms with van der Waals surface area (Å²) in [5.41, 5.74) is 2.36. The number of hydrogen-bond donors (Lipinski definition) is 1. The van der Waals surface area contributed by atoms with Crippen LogP contribution in [-0.4, -0.2) is 32.6 Å². The number of nitrogens with zero attached hydrogens (tertiary/aromatic N) is 3. The molecule has 0 aliphatic rings. The molecule has 1 N–H and O–H groups in total. The van der Waals surface area contributed by atoms with Crippen molar-refractivity contribution in [2.75, 3.05) is 6.61 Å². The van der Waals surface area contributed by atoms with E-state index in [-0.39, 0.29) is 18.7 Å². The highest BCUT2D eigenvalue weighted by atomic mass is 16.5. The maximum atomic E-state index is 12.3. The average Bonchev–Trinajstić information content (AvgIpc) is 2.58. The minimum Gasteiger partial charge on any atom is -0.491 e. The van der Waals surface area contributed by atoms with Crippen molar-refractivity contribution >= 4 is 10.9 Å². The zero-order valence-electron chi connectivity index (χ0n) is 13.6. The molecule has 0 radical (unpaired) electrons. The molecular formula is C18H19N3O3. The van der Waals surface area contributed by atoms with E-state index in [0.29, 0.717) is 10.9 Å². The minimum atomic E-state index is -0.843. The zero-order chi connectivity index (χ0) is 17.1. The zero-order valence-corrected chi connectivity index (χ0v) is 13.6. The molecule has 0 aliphatic heterocycles. The van der Waals surface area contributed by atoms with Gasteiger partial charge in [-0.2, -0.15) is 5.10 Å². The molecule has 3 aromatic rings. The lowest BCUT2D eigenvalue weighted by Crippen LogP contribution is -2.32. The Morgan fingerprint density at radius 1 is 1.29 bits per heavy atom. The van der Waals surface area contributed by atoms with Gasteiger partial charge < -0.3 is 9.84 Å². The number of rotatable bonds is 5.